The van der Waals surface area contributed by atoms with Crippen molar-refractivity contribution in [2.75, 3.05) is 39.3 Å². The van der Waals surface area contributed by atoms with E-state index < -0.39 is 23.9 Å². The Morgan fingerprint density at radius 3 is 0.800 bits per heavy atom. The van der Waals surface area contributed by atoms with Crippen LogP contribution in [0.1, 0.15) is 38.5 Å². The van der Waals surface area contributed by atoms with Crippen LogP contribution in [0.4, 0.5) is 0 Å². The van der Waals surface area contributed by atoms with Crippen molar-refractivity contribution in [1.29, 1.82) is 0 Å². The number of hydrogen-bond acceptors (Lipinski definition) is 10. The molecule has 0 rings (SSSR count). The Bertz CT molecular complexity index is 408. The minimum absolute atomic E-state index is 0. The van der Waals surface area contributed by atoms with Crippen LogP contribution >= 0.6 is 0 Å². The number of unbranched alkanes of at least 4 members (excludes halogenated alkanes) is 1. The minimum atomic E-state index is -1.22. The van der Waals surface area contributed by atoms with Crippen LogP contribution in [0.5, 0.6) is 0 Å². The van der Waals surface area contributed by atoms with Gasteiger partial charge in [0.2, 0.25) is 0 Å². The van der Waals surface area contributed by atoms with Crippen molar-refractivity contribution in [2.45, 2.75) is 38.5 Å². The van der Waals surface area contributed by atoms with Gasteiger partial charge in [0.1, 0.15) is 0 Å². The molecule has 0 fully saturated rings. The van der Waals surface area contributed by atoms with Crippen molar-refractivity contribution >= 4 is 23.9 Å². The quantitative estimate of drug-likeness (QED) is 0.169. The molecule has 0 radical (unpaired) electrons. The van der Waals surface area contributed by atoms with E-state index in [1.54, 1.807) is 9.80 Å². The van der Waals surface area contributed by atoms with Gasteiger partial charge in [-0.2, -0.15) is 0 Å². The molecule has 0 aliphatic carbocycles. The maximum absolute atomic E-state index is 10.5. The van der Waals surface area contributed by atoms with Gasteiger partial charge < -0.3 is 49.4 Å². The van der Waals surface area contributed by atoms with Crippen LogP contribution in [0.3, 0.4) is 0 Å². The van der Waals surface area contributed by atoms with E-state index in [0.717, 1.165) is 0 Å². The summed E-state index contributed by atoms with van der Waals surface area (Å²) in [4.78, 5) is 45.5. The number of aliphatic carboxylic acids is 4. The largest absolute Gasteiger partial charge is 1.00 e. The monoisotopic (exact) mass is 400 g/mol. The van der Waals surface area contributed by atoms with Gasteiger partial charge in [-0.3, -0.25) is 0 Å². The standard InChI is InChI=1S/C16H28N2O8.4Li/c19-13(20)3-9-17(10-4-14(21)22)7-1-2-8-18(11-5-15(23)24)12-6-16(25)26;;;;/h1-12H2,(H,19,20)(H,21,22)(H,23,24)(H,25,26);;;;/q;4*+1/p-4. The van der Waals surface area contributed by atoms with Gasteiger partial charge in [-0.1, -0.05) is 0 Å². The van der Waals surface area contributed by atoms with Crippen LogP contribution in [0.25, 0.3) is 0 Å². The number of rotatable bonds is 17. The van der Waals surface area contributed by atoms with E-state index in [1.165, 1.54) is 0 Å². The summed E-state index contributed by atoms with van der Waals surface area (Å²) in [5, 5.41) is 42.1. The van der Waals surface area contributed by atoms with Crippen molar-refractivity contribution in [2.24, 2.45) is 0 Å². The summed E-state index contributed by atoms with van der Waals surface area (Å²) >= 11 is 0. The van der Waals surface area contributed by atoms with E-state index >= 15 is 0 Å². The predicted molar refractivity (Wildman–Crippen MR) is 80.6 cm³/mol. The average Bonchev–Trinajstić information content (AvgIpc) is 2.54. The van der Waals surface area contributed by atoms with Gasteiger partial charge in [0.25, 0.3) is 0 Å². The smallest absolute Gasteiger partial charge is 0.550 e. The zero-order valence-corrected chi connectivity index (χ0v) is 18.6. The molecule has 30 heavy (non-hydrogen) atoms. The predicted octanol–water partition coefficient (Wildman–Crippen LogP) is -17.1. The molecular weight excluding hydrogens is 376 g/mol. The molecule has 0 saturated carbocycles. The van der Waals surface area contributed by atoms with Crippen molar-refractivity contribution in [3.8, 4) is 0 Å². The van der Waals surface area contributed by atoms with Crippen LogP contribution in [0.15, 0.2) is 0 Å². The maximum atomic E-state index is 10.5. The zero-order valence-electron chi connectivity index (χ0n) is 18.6. The van der Waals surface area contributed by atoms with Gasteiger partial charge in [0.05, 0.1) is 0 Å². The summed E-state index contributed by atoms with van der Waals surface area (Å²) in [7, 11) is 0. The molecule has 0 aliphatic rings. The second-order valence-electron chi connectivity index (χ2n) is 5.88. The Hall–Kier alpha value is 0.190. The third kappa shape index (κ3) is 28.2. The molecule has 150 valence electrons. The Morgan fingerprint density at radius 1 is 0.433 bits per heavy atom. The molecule has 0 bridgehead atoms. The van der Waals surface area contributed by atoms with Crippen LogP contribution in [0, 0.1) is 0 Å². The number of carboxylic acid groups (broad SMARTS) is 4. The van der Waals surface area contributed by atoms with Crippen LogP contribution < -0.4 is 95.9 Å². The molecule has 0 saturated heterocycles. The van der Waals surface area contributed by atoms with Gasteiger partial charge in [0, 0.05) is 50.1 Å². The molecule has 14 heteroatoms. The van der Waals surface area contributed by atoms with Crippen molar-refractivity contribution in [3.05, 3.63) is 0 Å². The molecule has 0 aromatic heterocycles. The first-order chi connectivity index (χ1) is 12.2. The zero-order chi connectivity index (χ0) is 19.9. The summed E-state index contributed by atoms with van der Waals surface area (Å²) in [6, 6.07) is 0. The Labute approximate surface area is 225 Å². The summed E-state index contributed by atoms with van der Waals surface area (Å²) in [5.41, 5.74) is 0. The SMILES string of the molecule is O=C([O-])CCN(CCCCN(CCC(=O)[O-])CCC(=O)[O-])CCC(=O)[O-].[Li+].[Li+].[Li+].[Li+]. The molecule has 0 amide bonds. The fourth-order valence-electron chi connectivity index (χ4n) is 2.34. The van der Waals surface area contributed by atoms with Crippen LogP contribution in [0.2, 0.25) is 0 Å². The Balaban J connectivity index is -0.000000521. The molecule has 0 N–H and O–H groups in total. The molecule has 0 aromatic carbocycles. The third-order valence-electron chi connectivity index (χ3n) is 3.73. The molecule has 0 unspecified atom stereocenters. The van der Waals surface area contributed by atoms with Crippen molar-refractivity contribution in [3.63, 3.8) is 0 Å². The fraction of sp³-hybridized carbons (Fsp3) is 0.750. The van der Waals surface area contributed by atoms with Crippen molar-refractivity contribution < 1.29 is 115 Å². The van der Waals surface area contributed by atoms with E-state index in [0.29, 0.717) is 25.9 Å². The molecule has 0 spiro atoms. The number of hydrogen-bond donors (Lipinski definition) is 0. The van der Waals surface area contributed by atoms with Gasteiger partial charge >= 0.3 is 75.4 Å². The van der Waals surface area contributed by atoms with Gasteiger partial charge in [-0.25, -0.2) is 0 Å². The Kier molecular flexibility index (Phi) is 34.4. The van der Waals surface area contributed by atoms with E-state index in [2.05, 4.69) is 0 Å². The van der Waals surface area contributed by atoms with Crippen molar-refractivity contribution in [1.82, 2.24) is 9.80 Å². The number of carbonyl (C=O) groups is 4. The summed E-state index contributed by atoms with van der Waals surface area (Å²) in [6.45, 7) is 1.55. The third-order valence-corrected chi connectivity index (χ3v) is 3.73. The van der Waals surface area contributed by atoms with E-state index in [4.69, 9.17) is 0 Å². The molecule has 0 atom stereocenters. The van der Waals surface area contributed by atoms with Gasteiger partial charge in [-0.15, -0.1) is 0 Å². The van der Waals surface area contributed by atoms with E-state index in [9.17, 15) is 39.6 Å². The molecule has 0 heterocycles. The fourth-order valence-corrected chi connectivity index (χ4v) is 2.34. The molecule has 0 aliphatic heterocycles. The summed E-state index contributed by atoms with van der Waals surface area (Å²) in [5.74, 6) is -4.89. The summed E-state index contributed by atoms with van der Waals surface area (Å²) in [6.07, 6.45) is 0.361. The van der Waals surface area contributed by atoms with Gasteiger partial charge in [-0.05, 0) is 51.6 Å². The summed E-state index contributed by atoms with van der Waals surface area (Å²) < 4.78 is 0. The van der Waals surface area contributed by atoms with Crippen LogP contribution in [-0.4, -0.2) is 72.9 Å². The first-order valence-corrected chi connectivity index (χ1v) is 8.44. The first-order valence-electron chi connectivity index (χ1n) is 8.44. The van der Waals surface area contributed by atoms with E-state index in [-0.39, 0.29) is 127 Å². The van der Waals surface area contributed by atoms with Gasteiger partial charge in [0.15, 0.2) is 0 Å². The normalized spacial score (nSPS) is 9.53. The maximum Gasteiger partial charge on any atom is 1.00 e. The number of nitrogens with zero attached hydrogens (tertiary/aromatic N) is 2. The molecule has 0 aromatic rings. The minimum Gasteiger partial charge on any atom is -0.550 e. The first kappa shape index (κ1) is 40.5. The second kappa shape index (κ2) is 25.5. The average molecular weight is 400 g/mol. The Morgan fingerprint density at radius 2 is 0.633 bits per heavy atom. The second-order valence-corrected chi connectivity index (χ2v) is 5.88. The molecule has 10 nitrogen and oxygen atoms in total. The van der Waals surface area contributed by atoms with Crippen LogP contribution in [-0.2, 0) is 19.2 Å². The topological polar surface area (TPSA) is 167 Å². The van der Waals surface area contributed by atoms with E-state index in [1.807, 2.05) is 0 Å². The number of carbonyl (C=O) groups excluding carboxylic acids is 4. The number of carboxylic acids is 4. The molecular formula is C16H24Li4N2O8.